The molecule has 0 atom stereocenters. The molecule has 0 aromatic heterocycles. The second kappa shape index (κ2) is 8.18. The largest absolute Gasteiger partial charge is 0.413 e. The Morgan fingerprint density at radius 1 is 1.26 bits per heavy atom. The van der Waals surface area contributed by atoms with Gasteiger partial charge in [0, 0.05) is 13.1 Å². The van der Waals surface area contributed by atoms with Crippen LogP contribution in [0, 0.1) is 0 Å². The first-order chi connectivity index (χ1) is 14.5. The Balaban J connectivity index is 1.39. The summed E-state index contributed by atoms with van der Waals surface area (Å²) in [5, 5.41) is 0.977. The van der Waals surface area contributed by atoms with Gasteiger partial charge in [0.25, 0.3) is 5.91 Å². The number of amidine groups is 1. The average Bonchev–Trinajstić information content (AvgIpc) is 3.28. The van der Waals surface area contributed by atoms with Crippen LogP contribution in [0.3, 0.4) is 0 Å². The predicted molar refractivity (Wildman–Crippen MR) is 130 cm³/mol. The molecule has 1 fully saturated rings. The SMILES string of the molecule is C/C(CO[Si](C)(C)C(C)(C)C)=C1\SC(N2CCC3(CC2)OCc2ccccc23)=NC1=O. The lowest BCUT2D eigenvalue weighted by Crippen LogP contribution is -2.44. The van der Waals surface area contributed by atoms with Gasteiger partial charge in [-0.2, -0.15) is 4.99 Å². The molecule has 5 nitrogen and oxygen atoms in total. The fraction of sp³-hybridized carbons (Fsp3) is 0.583. The molecule has 4 rings (SSSR count). The molecule has 3 heterocycles. The van der Waals surface area contributed by atoms with Crippen molar-refractivity contribution in [3.63, 3.8) is 0 Å². The Bertz CT molecular complexity index is 940. The maximum absolute atomic E-state index is 12.6. The van der Waals surface area contributed by atoms with Crippen molar-refractivity contribution in [1.29, 1.82) is 0 Å². The molecule has 1 aromatic rings. The zero-order valence-electron chi connectivity index (χ0n) is 19.6. The van der Waals surface area contributed by atoms with Crippen molar-refractivity contribution in [3.8, 4) is 0 Å². The lowest BCUT2D eigenvalue weighted by molar-refractivity contribution is -0.113. The number of hydrogen-bond donors (Lipinski definition) is 0. The van der Waals surface area contributed by atoms with Crippen LogP contribution < -0.4 is 0 Å². The second-order valence-corrected chi connectivity index (χ2v) is 16.2. The average molecular weight is 459 g/mol. The van der Waals surface area contributed by atoms with Crippen molar-refractivity contribution in [2.75, 3.05) is 19.7 Å². The number of rotatable bonds is 3. The Kier molecular flexibility index (Phi) is 6.00. The van der Waals surface area contributed by atoms with Crippen molar-refractivity contribution < 1.29 is 14.0 Å². The summed E-state index contributed by atoms with van der Waals surface area (Å²) < 4.78 is 12.6. The highest BCUT2D eigenvalue weighted by Gasteiger charge is 2.44. The zero-order valence-corrected chi connectivity index (χ0v) is 21.4. The molecule has 1 saturated heterocycles. The van der Waals surface area contributed by atoms with Gasteiger partial charge in [-0.3, -0.25) is 4.79 Å². The third-order valence-corrected chi connectivity index (χ3v) is 13.0. The normalized spacial score (nSPS) is 22.7. The summed E-state index contributed by atoms with van der Waals surface area (Å²) in [6.07, 6.45) is 1.84. The van der Waals surface area contributed by atoms with Crippen LogP contribution in [0.2, 0.25) is 18.1 Å². The predicted octanol–water partition coefficient (Wildman–Crippen LogP) is 5.43. The minimum absolute atomic E-state index is 0.126. The number of aliphatic imine (C=N–C) groups is 1. The van der Waals surface area contributed by atoms with Crippen molar-refractivity contribution in [2.45, 2.75) is 70.9 Å². The Morgan fingerprint density at radius 2 is 1.94 bits per heavy atom. The van der Waals surface area contributed by atoms with Crippen LogP contribution in [0.25, 0.3) is 0 Å². The smallest absolute Gasteiger partial charge is 0.286 e. The summed E-state index contributed by atoms with van der Waals surface area (Å²) in [7, 11) is -1.85. The van der Waals surface area contributed by atoms with Gasteiger partial charge in [0.2, 0.25) is 0 Å². The molecule has 31 heavy (non-hydrogen) atoms. The number of nitrogens with zero attached hydrogens (tertiary/aromatic N) is 2. The van der Waals surface area contributed by atoms with E-state index < -0.39 is 8.32 Å². The molecule has 168 valence electrons. The van der Waals surface area contributed by atoms with E-state index in [-0.39, 0.29) is 16.5 Å². The van der Waals surface area contributed by atoms with Gasteiger partial charge in [-0.1, -0.05) is 45.0 Å². The molecule has 0 unspecified atom stereocenters. The quantitative estimate of drug-likeness (QED) is 0.446. The fourth-order valence-electron chi connectivity index (χ4n) is 4.13. The monoisotopic (exact) mass is 458 g/mol. The standard InChI is InChI=1S/C24H34N2O3SSi/c1-17(15-29-31(5,6)23(2,3)4)20-21(27)25-22(30-20)26-13-11-24(12-14-26)19-10-8-7-9-18(19)16-28-24/h7-10H,11-16H2,1-6H3/b20-17+. The van der Waals surface area contributed by atoms with Gasteiger partial charge in [0.1, 0.15) is 0 Å². The lowest BCUT2D eigenvalue weighted by Gasteiger charge is -2.39. The van der Waals surface area contributed by atoms with Crippen molar-refractivity contribution in [1.82, 2.24) is 4.90 Å². The van der Waals surface area contributed by atoms with Crippen molar-refractivity contribution in [2.24, 2.45) is 4.99 Å². The third-order valence-electron chi connectivity index (χ3n) is 7.28. The van der Waals surface area contributed by atoms with Crippen molar-refractivity contribution >= 4 is 31.2 Å². The van der Waals surface area contributed by atoms with Gasteiger partial charge in [-0.05, 0) is 66.4 Å². The van der Waals surface area contributed by atoms with E-state index in [1.54, 1.807) is 0 Å². The van der Waals surface area contributed by atoms with Gasteiger partial charge in [-0.25, -0.2) is 0 Å². The lowest BCUT2D eigenvalue weighted by atomic mass is 9.84. The second-order valence-electron chi connectivity index (χ2n) is 10.4. The minimum Gasteiger partial charge on any atom is -0.413 e. The molecule has 0 radical (unpaired) electrons. The van der Waals surface area contributed by atoms with E-state index >= 15 is 0 Å². The highest BCUT2D eigenvalue weighted by atomic mass is 32.2. The molecule has 1 amide bonds. The summed E-state index contributed by atoms with van der Waals surface area (Å²) in [5.74, 6) is -0.126. The molecule has 0 bridgehead atoms. The number of amides is 1. The number of likely N-dealkylation sites (tertiary alicyclic amines) is 1. The van der Waals surface area contributed by atoms with Crippen LogP contribution in [-0.2, 0) is 26.2 Å². The van der Waals surface area contributed by atoms with Gasteiger partial charge in [0.05, 0.1) is 23.7 Å². The maximum Gasteiger partial charge on any atom is 0.286 e. The summed E-state index contributed by atoms with van der Waals surface area (Å²) in [6, 6.07) is 8.55. The van der Waals surface area contributed by atoms with Crippen LogP contribution in [-0.4, -0.2) is 44.0 Å². The van der Waals surface area contributed by atoms with E-state index in [0.29, 0.717) is 13.2 Å². The number of hydrogen-bond acceptors (Lipinski definition) is 5. The summed E-state index contributed by atoms with van der Waals surface area (Å²) in [4.78, 5) is 20.0. The molecule has 3 aliphatic rings. The van der Waals surface area contributed by atoms with E-state index in [9.17, 15) is 4.79 Å². The number of benzene rings is 1. The minimum atomic E-state index is -1.85. The Morgan fingerprint density at radius 3 is 2.61 bits per heavy atom. The Labute approximate surface area is 191 Å². The van der Waals surface area contributed by atoms with Crippen LogP contribution in [0.15, 0.2) is 39.7 Å². The third kappa shape index (κ3) is 4.30. The number of carbonyl (C=O) groups is 1. The number of fused-ring (bicyclic) bond motifs is 2. The van der Waals surface area contributed by atoms with E-state index in [1.807, 2.05) is 6.92 Å². The van der Waals surface area contributed by atoms with Crippen LogP contribution in [0.1, 0.15) is 51.7 Å². The molecule has 0 N–H and O–H groups in total. The summed E-state index contributed by atoms with van der Waals surface area (Å²) >= 11 is 1.51. The van der Waals surface area contributed by atoms with Gasteiger partial charge in [0.15, 0.2) is 13.5 Å². The summed E-state index contributed by atoms with van der Waals surface area (Å²) in [5.41, 5.74) is 3.46. The van der Waals surface area contributed by atoms with Crippen LogP contribution in [0.4, 0.5) is 0 Å². The Hall–Kier alpha value is -1.41. The first-order valence-electron chi connectivity index (χ1n) is 11.1. The topological polar surface area (TPSA) is 51.1 Å². The maximum atomic E-state index is 12.6. The molecule has 3 aliphatic heterocycles. The van der Waals surface area contributed by atoms with Gasteiger partial charge >= 0.3 is 0 Å². The van der Waals surface area contributed by atoms with E-state index in [0.717, 1.165) is 41.6 Å². The highest BCUT2D eigenvalue weighted by molar-refractivity contribution is 8.18. The summed E-state index contributed by atoms with van der Waals surface area (Å²) in [6.45, 7) is 16.1. The first kappa shape index (κ1) is 22.8. The highest BCUT2D eigenvalue weighted by Crippen LogP contribution is 2.45. The van der Waals surface area contributed by atoms with Crippen LogP contribution in [0.5, 0.6) is 0 Å². The molecule has 1 spiro atoms. The van der Waals surface area contributed by atoms with Gasteiger partial charge in [-0.15, -0.1) is 0 Å². The number of thioether (sulfide) groups is 1. The molecular formula is C24H34N2O3SSi. The van der Waals surface area contributed by atoms with Crippen molar-refractivity contribution in [3.05, 3.63) is 45.9 Å². The fourth-order valence-corrected chi connectivity index (χ4v) is 6.13. The number of piperidine rings is 1. The van der Waals surface area contributed by atoms with E-state index in [4.69, 9.17) is 9.16 Å². The number of carbonyl (C=O) groups excluding carboxylic acids is 1. The number of ether oxygens (including phenoxy) is 1. The zero-order chi connectivity index (χ0) is 22.4. The van der Waals surface area contributed by atoms with Crippen LogP contribution >= 0.6 is 11.8 Å². The molecule has 0 aliphatic carbocycles. The molecule has 1 aromatic carbocycles. The first-order valence-corrected chi connectivity index (χ1v) is 14.9. The van der Waals surface area contributed by atoms with E-state index in [1.165, 1.54) is 22.9 Å². The molecular weight excluding hydrogens is 424 g/mol. The molecule has 7 heteroatoms. The van der Waals surface area contributed by atoms with E-state index in [2.05, 4.69) is 68.0 Å². The van der Waals surface area contributed by atoms with Gasteiger partial charge < -0.3 is 14.1 Å². The molecule has 0 saturated carbocycles.